The molecule has 0 aliphatic carbocycles. The van der Waals surface area contributed by atoms with Gasteiger partial charge in [0, 0.05) is 10.7 Å². The van der Waals surface area contributed by atoms with Gasteiger partial charge in [0.15, 0.2) is 0 Å². The Bertz CT molecular complexity index is 1010. The molecule has 7 heteroatoms. The van der Waals surface area contributed by atoms with Gasteiger partial charge in [0.25, 0.3) is 0 Å². The van der Waals surface area contributed by atoms with Crippen LogP contribution in [0, 0.1) is 5.92 Å². The summed E-state index contributed by atoms with van der Waals surface area (Å²) in [4.78, 5) is 0.139. The highest BCUT2D eigenvalue weighted by atomic mass is 35.5. The Morgan fingerprint density at radius 2 is 1.81 bits per heavy atom. The molecule has 0 aliphatic heterocycles. The summed E-state index contributed by atoms with van der Waals surface area (Å²) in [6.07, 6.45) is 0.850. The molecule has 0 spiro atoms. The first-order valence-electron chi connectivity index (χ1n) is 8.73. The first kappa shape index (κ1) is 19.6. The van der Waals surface area contributed by atoms with E-state index in [1.807, 2.05) is 41.1 Å². The highest BCUT2D eigenvalue weighted by Gasteiger charge is 2.16. The van der Waals surface area contributed by atoms with E-state index < -0.39 is 10.0 Å². The van der Waals surface area contributed by atoms with Gasteiger partial charge in [-0.25, -0.2) is 17.8 Å². The Labute approximate surface area is 165 Å². The smallest absolute Gasteiger partial charge is 0.238 e. The fourth-order valence-electron chi connectivity index (χ4n) is 2.80. The van der Waals surface area contributed by atoms with Crippen LogP contribution >= 0.6 is 11.6 Å². The van der Waals surface area contributed by atoms with Crippen molar-refractivity contribution in [3.05, 3.63) is 77.1 Å². The van der Waals surface area contributed by atoms with Crippen molar-refractivity contribution >= 4 is 21.6 Å². The molecule has 1 aromatic heterocycles. The summed E-state index contributed by atoms with van der Waals surface area (Å²) in [5.41, 5.74) is 2.67. The Kier molecular flexibility index (Phi) is 5.99. The second-order valence-electron chi connectivity index (χ2n) is 6.75. The van der Waals surface area contributed by atoms with E-state index in [1.54, 1.807) is 12.1 Å². The van der Waals surface area contributed by atoms with Gasteiger partial charge >= 0.3 is 0 Å². The van der Waals surface area contributed by atoms with Crippen LogP contribution in [0.25, 0.3) is 5.69 Å². The van der Waals surface area contributed by atoms with Crippen molar-refractivity contribution in [1.82, 2.24) is 14.5 Å². The summed E-state index contributed by atoms with van der Waals surface area (Å²) in [6.45, 7) is 4.40. The highest BCUT2D eigenvalue weighted by molar-refractivity contribution is 7.89. The lowest BCUT2D eigenvalue weighted by Crippen LogP contribution is -2.23. The van der Waals surface area contributed by atoms with E-state index in [1.165, 1.54) is 12.1 Å². The quantitative estimate of drug-likeness (QED) is 0.642. The summed E-state index contributed by atoms with van der Waals surface area (Å²) >= 11 is 5.90. The Morgan fingerprint density at radius 3 is 2.48 bits per heavy atom. The largest absolute Gasteiger partial charge is 0.240 e. The monoisotopic (exact) mass is 403 g/mol. The maximum atomic E-state index is 12.5. The minimum Gasteiger partial charge on any atom is -0.238 e. The van der Waals surface area contributed by atoms with Crippen LogP contribution in [0.15, 0.2) is 65.6 Å². The molecule has 3 rings (SSSR count). The number of nitrogens with zero attached hydrogens (tertiary/aromatic N) is 2. The van der Waals surface area contributed by atoms with E-state index in [9.17, 15) is 8.42 Å². The van der Waals surface area contributed by atoms with Crippen LogP contribution in [0.1, 0.15) is 25.2 Å². The molecule has 0 saturated heterocycles. The Balaban J connectivity index is 1.84. The van der Waals surface area contributed by atoms with Gasteiger partial charge in [0.05, 0.1) is 22.8 Å². The van der Waals surface area contributed by atoms with Gasteiger partial charge in [-0.2, -0.15) is 5.10 Å². The Morgan fingerprint density at radius 1 is 1.07 bits per heavy atom. The fourth-order valence-corrected chi connectivity index (χ4v) is 4.10. The second-order valence-corrected chi connectivity index (χ2v) is 8.96. The molecule has 1 heterocycles. The summed E-state index contributed by atoms with van der Waals surface area (Å²) in [6, 6.07) is 18.0. The van der Waals surface area contributed by atoms with Crippen LogP contribution in [0.5, 0.6) is 0 Å². The number of para-hydroxylation sites is 1. The summed E-state index contributed by atoms with van der Waals surface area (Å²) < 4.78 is 29.5. The number of halogens is 1. The summed E-state index contributed by atoms with van der Waals surface area (Å²) in [5.74, 6) is 0.458. The van der Waals surface area contributed by atoms with Crippen molar-refractivity contribution in [2.75, 3.05) is 0 Å². The fraction of sp³-hybridized carbons (Fsp3) is 0.250. The van der Waals surface area contributed by atoms with Gasteiger partial charge in [-0.05, 0) is 48.7 Å². The van der Waals surface area contributed by atoms with Crippen LogP contribution in [0.4, 0.5) is 0 Å². The van der Waals surface area contributed by atoms with Crippen molar-refractivity contribution < 1.29 is 8.42 Å². The van der Waals surface area contributed by atoms with Crippen molar-refractivity contribution in [2.24, 2.45) is 5.92 Å². The predicted octanol–water partition coefficient (Wildman–Crippen LogP) is 4.20. The van der Waals surface area contributed by atoms with E-state index in [0.29, 0.717) is 16.6 Å². The van der Waals surface area contributed by atoms with Gasteiger partial charge in [0.2, 0.25) is 10.0 Å². The molecular formula is C20H22ClN3O2S. The molecule has 0 unspecified atom stereocenters. The van der Waals surface area contributed by atoms with Gasteiger partial charge in [-0.3, -0.25) is 0 Å². The van der Waals surface area contributed by atoms with Crippen LogP contribution in [-0.4, -0.2) is 18.2 Å². The number of hydrogen-bond acceptors (Lipinski definition) is 3. The lowest BCUT2D eigenvalue weighted by molar-refractivity contribution is 0.580. The second kappa shape index (κ2) is 8.25. The zero-order valence-electron chi connectivity index (χ0n) is 15.3. The molecule has 142 valence electrons. The van der Waals surface area contributed by atoms with Crippen molar-refractivity contribution in [3.8, 4) is 5.69 Å². The lowest BCUT2D eigenvalue weighted by atomic mass is 10.1. The third-order valence-corrected chi connectivity index (χ3v) is 5.64. The molecule has 0 aliphatic rings. The normalized spacial score (nSPS) is 11.9. The predicted molar refractivity (Wildman–Crippen MR) is 108 cm³/mol. The van der Waals surface area contributed by atoms with Gasteiger partial charge < -0.3 is 0 Å². The maximum absolute atomic E-state index is 12.5. The SMILES string of the molecule is CC(C)Cc1cc(CNS(=O)(=O)c2cccc(Cl)c2)nn1-c1ccccc1. The molecule has 5 nitrogen and oxygen atoms in total. The van der Waals surface area contributed by atoms with Crippen LogP contribution in [0.3, 0.4) is 0 Å². The molecule has 0 atom stereocenters. The number of benzene rings is 2. The molecule has 0 bridgehead atoms. The minimum atomic E-state index is -3.66. The zero-order valence-corrected chi connectivity index (χ0v) is 16.8. The van der Waals surface area contributed by atoms with E-state index in [2.05, 4.69) is 23.7 Å². The molecule has 1 N–H and O–H groups in total. The lowest BCUT2D eigenvalue weighted by Gasteiger charge is -2.09. The zero-order chi connectivity index (χ0) is 19.4. The van der Waals surface area contributed by atoms with E-state index in [0.717, 1.165) is 17.8 Å². The molecule has 0 radical (unpaired) electrons. The summed E-state index contributed by atoms with van der Waals surface area (Å²) in [7, 11) is -3.66. The highest BCUT2D eigenvalue weighted by Crippen LogP contribution is 2.18. The van der Waals surface area contributed by atoms with Gasteiger partial charge in [0.1, 0.15) is 0 Å². The minimum absolute atomic E-state index is 0.111. The molecule has 0 saturated carbocycles. The van der Waals surface area contributed by atoms with Gasteiger partial charge in [-0.1, -0.05) is 49.7 Å². The molecular weight excluding hydrogens is 382 g/mol. The standard InChI is InChI=1S/C20H22ClN3O2S/c1-15(2)11-19-13-17(23-24(19)18-8-4-3-5-9-18)14-22-27(25,26)20-10-6-7-16(21)12-20/h3-10,12-13,15,22H,11,14H2,1-2H3. The third-order valence-electron chi connectivity index (χ3n) is 4.00. The maximum Gasteiger partial charge on any atom is 0.240 e. The summed E-state index contributed by atoms with van der Waals surface area (Å²) in [5, 5.41) is 4.99. The topological polar surface area (TPSA) is 64.0 Å². The van der Waals surface area contributed by atoms with Crippen LogP contribution < -0.4 is 4.72 Å². The first-order valence-corrected chi connectivity index (χ1v) is 10.6. The van der Waals surface area contributed by atoms with Crippen molar-refractivity contribution in [3.63, 3.8) is 0 Å². The number of rotatable bonds is 7. The van der Waals surface area contributed by atoms with E-state index in [-0.39, 0.29) is 11.4 Å². The molecule has 3 aromatic rings. The average molecular weight is 404 g/mol. The van der Waals surface area contributed by atoms with Crippen molar-refractivity contribution in [2.45, 2.75) is 31.7 Å². The van der Waals surface area contributed by atoms with Crippen molar-refractivity contribution in [1.29, 1.82) is 0 Å². The van der Waals surface area contributed by atoms with Crippen LogP contribution in [-0.2, 0) is 23.0 Å². The number of aromatic nitrogens is 2. The molecule has 27 heavy (non-hydrogen) atoms. The first-order chi connectivity index (χ1) is 12.8. The third kappa shape index (κ3) is 4.97. The van der Waals surface area contributed by atoms with Gasteiger partial charge in [-0.15, -0.1) is 0 Å². The number of sulfonamides is 1. The van der Waals surface area contributed by atoms with E-state index >= 15 is 0 Å². The number of nitrogens with one attached hydrogen (secondary N) is 1. The average Bonchev–Trinajstić information content (AvgIpc) is 3.03. The van der Waals surface area contributed by atoms with E-state index in [4.69, 9.17) is 11.6 Å². The number of hydrogen-bond donors (Lipinski definition) is 1. The molecule has 0 amide bonds. The molecule has 2 aromatic carbocycles. The Hall–Kier alpha value is -2.15. The van der Waals surface area contributed by atoms with Crippen LogP contribution in [0.2, 0.25) is 5.02 Å². The molecule has 0 fully saturated rings.